The topological polar surface area (TPSA) is 107 Å². The smallest absolute Gasteiger partial charge is 0.249 e. The van der Waals surface area contributed by atoms with Crippen LogP contribution in [0.25, 0.3) is 0 Å². The van der Waals surface area contributed by atoms with Crippen molar-refractivity contribution in [3.8, 4) is 6.07 Å². The van der Waals surface area contributed by atoms with E-state index >= 15 is 0 Å². The molecule has 0 fully saturated rings. The SMILES string of the molecule is Cc1cccc(C#N)c1C(O)C(O)C(N)=O. The van der Waals surface area contributed by atoms with Gasteiger partial charge in [0.2, 0.25) is 5.91 Å². The minimum Gasteiger partial charge on any atom is -0.385 e. The average Bonchev–Trinajstić information content (AvgIpc) is 2.26. The lowest BCUT2D eigenvalue weighted by molar-refractivity contribution is -0.132. The first-order chi connectivity index (χ1) is 7.49. The third-order valence-corrected chi connectivity index (χ3v) is 2.33. The van der Waals surface area contributed by atoms with Crippen molar-refractivity contribution in [1.82, 2.24) is 0 Å². The summed E-state index contributed by atoms with van der Waals surface area (Å²) in [5, 5.41) is 28.0. The Kier molecular flexibility index (Phi) is 3.61. The Labute approximate surface area is 92.7 Å². The molecule has 0 aliphatic rings. The minimum atomic E-state index is -1.71. The third-order valence-electron chi connectivity index (χ3n) is 2.33. The first-order valence-electron chi connectivity index (χ1n) is 4.64. The molecule has 5 nitrogen and oxygen atoms in total. The number of nitrogens with two attached hydrogens (primary N) is 1. The van der Waals surface area contributed by atoms with Gasteiger partial charge in [0.1, 0.15) is 6.10 Å². The van der Waals surface area contributed by atoms with Gasteiger partial charge in [-0.2, -0.15) is 5.26 Å². The highest BCUT2D eigenvalue weighted by molar-refractivity contribution is 5.79. The van der Waals surface area contributed by atoms with Crippen molar-refractivity contribution in [1.29, 1.82) is 5.26 Å². The molecule has 4 N–H and O–H groups in total. The maximum Gasteiger partial charge on any atom is 0.249 e. The van der Waals surface area contributed by atoms with Crippen molar-refractivity contribution in [3.63, 3.8) is 0 Å². The third kappa shape index (κ3) is 2.19. The van der Waals surface area contributed by atoms with Crippen LogP contribution in [-0.2, 0) is 4.79 Å². The van der Waals surface area contributed by atoms with Crippen molar-refractivity contribution < 1.29 is 15.0 Å². The van der Waals surface area contributed by atoms with E-state index in [1.54, 1.807) is 19.1 Å². The van der Waals surface area contributed by atoms with Crippen LogP contribution in [0, 0.1) is 18.3 Å². The second-order valence-corrected chi connectivity index (χ2v) is 3.44. The van der Waals surface area contributed by atoms with Crippen molar-refractivity contribution in [2.75, 3.05) is 0 Å². The van der Waals surface area contributed by atoms with Gasteiger partial charge in [-0.3, -0.25) is 4.79 Å². The van der Waals surface area contributed by atoms with Gasteiger partial charge in [-0.05, 0) is 18.6 Å². The molecule has 0 aromatic heterocycles. The molecule has 0 spiro atoms. The standard InChI is InChI=1S/C11H12N2O3/c1-6-3-2-4-7(5-12)8(6)9(14)10(15)11(13)16/h2-4,9-10,14-15H,1H3,(H2,13,16). The first-order valence-corrected chi connectivity index (χ1v) is 4.64. The lowest BCUT2D eigenvalue weighted by atomic mass is 9.94. The zero-order chi connectivity index (χ0) is 12.3. The Balaban J connectivity index is 3.23. The molecular weight excluding hydrogens is 208 g/mol. The quantitative estimate of drug-likeness (QED) is 0.652. The van der Waals surface area contributed by atoms with Crippen molar-refractivity contribution >= 4 is 5.91 Å². The number of nitriles is 1. The normalized spacial score (nSPS) is 13.9. The number of aliphatic hydroxyl groups excluding tert-OH is 2. The Morgan fingerprint density at radius 1 is 1.50 bits per heavy atom. The molecule has 1 rings (SSSR count). The number of hydrogen-bond donors (Lipinski definition) is 3. The molecule has 16 heavy (non-hydrogen) atoms. The summed E-state index contributed by atoms with van der Waals surface area (Å²) in [7, 11) is 0. The number of primary amides is 1. The highest BCUT2D eigenvalue weighted by atomic mass is 16.3. The molecule has 2 unspecified atom stereocenters. The van der Waals surface area contributed by atoms with Crippen LogP contribution in [0.1, 0.15) is 22.8 Å². The Bertz CT molecular complexity index is 451. The van der Waals surface area contributed by atoms with E-state index in [9.17, 15) is 15.0 Å². The van der Waals surface area contributed by atoms with Crippen molar-refractivity contribution in [2.45, 2.75) is 19.1 Å². The summed E-state index contributed by atoms with van der Waals surface area (Å²) >= 11 is 0. The van der Waals surface area contributed by atoms with Crippen LogP contribution < -0.4 is 5.73 Å². The van der Waals surface area contributed by atoms with Crippen molar-refractivity contribution in [3.05, 3.63) is 34.9 Å². The summed E-state index contributed by atoms with van der Waals surface area (Å²) in [6, 6.07) is 6.71. The highest BCUT2D eigenvalue weighted by Crippen LogP contribution is 2.24. The number of carbonyl (C=O) groups excluding carboxylic acids is 1. The van der Waals surface area contributed by atoms with Crippen LogP contribution in [0.4, 0.5) is 0 Å². The van der Waals surface area contributed by atoms with Crippen LogP contribution >= 0.6 is 0 Å². The summed E-state index contributed by atoms with van der Waals surface area (Å²) in [5.74, 6) is -1.03. The molecule has 1 aromatic rings. The molecule has 2 atom stereocenters. The zero-order valence-electron chi connectivity index (χ0n) is 8.71. The van der Waals surface area contributed by atoms with Crippen molar-refractivity contribution in [2.24, 2.45) is 5.73 Å². The molecule has 1 aromatic carbocycles. The number of hydrogen-bond acceptors (Lipinski definition) is 4. The van der Waals surface area contributed by atoms with E-state index in [1.807, 2.05) is 6.07 Å². The highest BCUT2D eigenvalue weighted by Gasteiger charge is 2.26. The predicted octanol–water partition coefficient (Wildman–Crippen LogP) is -0.254. The number of amides is 1. The number of rotatable bonds is 3. The van der Waals surface area contributed by atoms with Gasteiger partial charge < -0.3 is 15.9 Å². The van der Waals surface area contributed by atoms with Gasteiger partial charge in [-0.25, -0.2) is 0 Å². The van der Waals surface area contributed by atoms with E-state index in [2.05, 4.69) is 0 Å². The summed E-state index contributed by atoms with van der Waals surface area (Å²) in [6.07, 6.45) is -3.19. The van der Waals surface area contributed by atoms with Gasteiger partial charge in [0, 0.05) is 5.56 Å². The molecule has 0 radical (unpaired) electrons. The van der Waals surface area contributed by atoms with Gasteiger partial charge >= 0.3 is 0 Å². The fraction of sp³-hybridized carbons (Fsp3) is 0.273. The van der Waals surface area contributed by atoms with E-state index in [-0.39, 0.29) is 11.1 Å². The largest absolute Gasteiger partial charge is 0.385 e. The molecule has 84 valence electrons. The second kappa shape index (κ2) is 4.75. The van der Waals surface area contributed by atoms with E-state index < -0.39 is 18.1 Å². The molecule has 0 bridgehead atoms. The first kappa shape index (κ1) is 12.2. The van der Waals surface area contributed by atoms with Gasteiger partial charge in [0.05, 0.1) is 11.6 Å². The molecule has 0 saturated carbocycles. The number of carbonyl (C=O) groups is 1. The minimum absolute atomic E-state index is 0.216. The monoisotopic (exact) mass is 220 g/mol. The van der Waals surface area contributed by atoms with E-state index in [0.29, 0.717) is 5.56 Å². The Morgan fingerprint density at radius 2 is 2.12 bits per heavy atom. The molecular formula is C11H12N2O3. The van der Waals surface area contributed by atoms with Crippen LogP contribution in [0.3, 0.4) is 0 Å². The van der Waals surface area contributed by atoms with Gasteiger partial charge in [-0.15, -0.1) is 0 Å². The molecule has 0 aliphatic heterocycles. The maximum atomic E-state index is 10.8. The van der Waals surface area contributed by atoms with Crippen LogP contribution in [-0.4, -0.2) is 22.2 Å². The summed E-state index contributed by atoms with van der Waals surface area (Å²) in [6.45, 7) is 1.67. The molecule has 1 amide bonds. The maximum absolute atomic E-state index is 10.8. The van der Waals surface area contributed by atoms with E-state index in [1.165, 1.54) is 6.07 Å². The molecule has 5 heteroatoms. The van der Waals surface area contributed by atoms with Crippen LogP contribution in [0.5, 0.6) is 0 Å². The Morgan fingerprint density at radius 3 is 2.62 bits per heavy atom. The Hall–Kier alpha value is -1.90. The summed E-state index contributed by atoms with van der Waals surface area (Å²) < 4.78 is 0. The van der Waals surface area contributed by atoms with Gasteiger partial charge in [0.25, 0.3) is 0 Å². The molecule has 0 heterocycles. The fourth-order valence-corrected chi connectivity index (χ4v) is 1.48. The predicted molar refractivity (Wildman–Crippen MR) is 56.1 cm³/mol. The fourth-order valence-electron chi connectivity index (χ4n) is 1.48. The molecule has 0 saturated heterocycles. The summed E-state index contributed by atoms with van der Waals surface area (Å²) in [4.78, 5) is 10.8. The van der Waals surface area contributed by atoms with Crippen LogP contribution in [0.2, 0.25) is 0 Å². The second-order valence-electron chi connectivity index (χ2n) is 3.44. The van der Waals surface area contributed by atoms with Gasteiger partial charge in [-0.1, -0.05) is 12.1 Å². The number of aryl methyl sites for hydroxylation is 1. The number of aliphatic hydroxyl groups is 2. The molecule has 0 aliphatic carbocycles. The number of nitrogens with zero attached hydrogens (tertiary/aromatic N) is 1. The lowest BCUT2D eigenvalue weighted by Gasteiger charge is -2.18. The zero-order valence-corrected chi connectivity index (χ0v) is 8.71. The summed E-state index contributed by atoms with van der Waals surface area (Å²) in [5.41, 5.74) is 5.95. The van der Waals surface area contributed by atoms with E-state index in [0.717, 1.165) is 0 Å². The lowest BCUT2D eigenvalue weighted by Crippen LogP contribution is -2.34. The van der Waals surface area contributed by atoms with E-state index in [4.69, 9.17) is 11.0 Å². The number of benzene rings is 1. The van der Waals surface area contributed by atoms with Crippen LogP contribution in [0.15, 0.2) is 18.2 Å². The average molecular weight is 220 g/mol. The van der Waals surface area contributed by atoms with Gasteiger partial charge in [0.15, 0.2) is 6.10 Å².